The van der Waals surface area contributed by atoms with E-state index in [4.69, 9.17) is 15.0 Å². The summed E-state index contributed by atoms with van der Waals surface area (Å²) in [7, 11) is 0. The minimum Gasteiger partial charge on any atom is -0.208 e. The van der Waals surface area contributed by atoms with Gasteiger partial charge in [0, 0.05) is 42.3 Å². The molecule has 0 N–H and O–H groups in total. The fraction of sp³-hybridized carbons (Fsp3) is 0.0556. The molecule has 0 unspecified atom stereocenters. The van der Waals surface area contributed by atoms with Gasteiger partial charge in [-0.2, -0.15) is 0 Å². The van der Waals surface area contributed by atoms with Gasteiger partial charge in [-0.15, -0.1) is 11.3 Å². The van der Waals surface area contributed by atoms with Crippen LogP contribution >= 0.6 is 11.3 Å². The summed E-state index contributed by atoms with van der Waals surface area (Å²) in [5, 5.41) is 2.62. The highest BCUT2D eigenvalue weighted by Crippen LogP contribution is 2.52. The highest BCUT2D eigenvalue weighted by Gasteiger charge is 2.36. The number of fused-ring (bicyclic) bond motifs is 6. The maximum absolute atomic E-state index is 5.02. The molecule has 0 aliphatic heterocycles. The first-order chi connectivity index (χ1) is 28.5. The summed E-state index contributed by atoms with van der Waals surface area (Å²) in [5.74, 6) is 1.95. The molecule has 8 aromatic carbocycles. The summed E-state index contributed by atoms with van der Waals surface area (Å²) in [5.41, 5.74) is 15.2. The molecule has 2 heterocycles. The minimum absolute atomic E-state index is 0.125. The van der Waals surface area contributed by atoms with E-state index in [1.54, 1.807) is 0 Å². The summed E-state index contributed by atoms with van der Waals surface area (Å²) < 4.78 is 2.63. The average molecular weight is 760 g/mol. The lowest BCUT2D eigenvalue weighted by atomic mass is 9.80. The quantitative estimate of drug-likeness (QED) is 0.169. The largest absolute Gasteiger partial charge is 0.208 e. The molecule has 1 aliphatic carbocycles. The molecule has 2 aromatic heterocycles. The lowest BCUT2D eigenvalue weighted by Gasteiger charge is -2.23. The molecule has 11 rings (SSSR count). The van der Waals surface area contributed by atoms with Gasteiger partial charge in [-0.05, 0) is 98.1 Å². The van der Waals surface area contributed by atoms with Gasteiger partial charge in [-0.1, -0.05) is 159 Å². The standard InChI is InChI=1S/C54H37N3S/c1-54(2)47-25-11-9-23-41(47)45-32-43(39-27-28-50-46(31-39)42-24-10-12-26-49(42)58-50)44(33-48(45)54)38-21-13-19-36(29-38)37-20-14-22-40(30-37)53-56-51(34-15-5-3-6-16-34)55-52(57-53)35-17-7-4-8-18-35/h3-33H,1-2H3. The third-order valence-corrected chi connectivity index (χ3v) is 12.9. The Bertz CT molecular complexity index is 3140. The molecular weight excluding hydrogens is 723 g/mol. The van der Waals surface area contributed by atoms with Crippen LogP contribution in [0.5, 0.6) is 0 Å². The second-order valence-electron chi connectivity index (χ2n) is 15.6. The molecule has 0 atom stereocenters. The molecule has 274 valence electrons. The molecule has 0 saturated heterocycles. The fourth-order valence-electron chi connectivity index (χ4n) is 8.76. The third kappa shape index (κ3) is 5.76. The summed E-state index contributed by atoms with van der Waals surface area (Å²) in [6.07, 6.45) is 0. The Labute approximate surface area is 342 Å². The first-order valence-electron chi connectivity index (χ1n) is 19.8. The Morgan fingerprint density at radius 3 is 1.57 bits per heavy atom. The molecule has 10 aromatic rings. The highest BCUT2D eigenvalue weighted by atomic mass is 32.1. The average Bonchev–Trinajstić information content (AvgIpc) is 3.77. The predicted molar refractivity (Wildman–Crippen MR) is 243 cm³/mol. The van der Waals surface area contributed by atoms with E-state index in [0.717, 1.165) is 27.8 Å². The van der Waals surface area contributed by atoms with E-state index in [9.17, 15) is 0 Å². The molecule has 0 radical (unpaired) electrons. The molecule has 58 heavy (non-hydrogen) atoms. The van der Waals surface area contributed by atoms with Crippen molar-refractivity contribution >= 4 is 31.5 Å². The smallest absolute Gasteiger partial charge is 0.164 e. The maximum atomic E-state index is 5.02. The third-order valence-electron chi connectivity index (χ3n) is 11.7. The van der Waals surface area contributed by atoms with Crippen molar-refractivity contribution < 1.29 is 0 Å². The predicted octanol–water partition coefficient (Wildman–Crippen LogP) is 14.5. The van der Waals surface area contributed by atoms with E-state index < -0.39 is 0 Å². The molecular formula is C54H37N3S. The minimum atomic E-state index is -0.125. The molecule has 0 bridgehead atoms. The lowest BCUT2D eigenvalue weighted by molar-refractivity contribution is 0.660. The van der Waals surface area contributed by atoms with Crippen LogP contribution in [0.4, 0.5) is 0 Å². The number of hydrogen-bond donors (Lipinski definition) is 0. The molecule has 3 nitrogen and oxygen atoms in total. The zero-order valence-electron chi connectivity index (χ0n) is 32.1. The van der Waals surface area contributed by atoms with Crippen LogP contribution in [0, 0.1) is 0 Å². The Morgan fingerprint density at radius 1 is 0.328 bits per heavy atom. The van der Waals surface area contributed by atoms with Crippen molar-refractivity contribution in [3.63, 3.8) is 0 Å². The number of rotatable bonds is 6. The van der Waals surface area contributed by atoms with Crippen LogP contribution in [0.25, 0.3) is 98.8 Å². The summed E-state index contributed by atoms with van der Waals surface area (Å²) >= 11 is 1.86. The fourth-order valence-corrected chi connectivity index (χ4v) is 9.85. The molecule has 0 amide bonds. The van der Waals surface area contributed by atoms with Crippen molar-refractivity contribution in [1.82, 2.24) is 15.0 Å². The van der Waals surface area contributed by atoms with Crippen LogP contribution in [0.2, 0.25) is 0 Å². The van der Waals surface area contributed by atoms with E-state index in [2.05, 4.69) is 141 Å². The van der Waals surface area contributed by atoms with Gasteiger partial charge in [0.05, 0.1) is 0 Å². The van der Waals surface area contributed by atoms with Gasteiger partial charge in [0.1, 0.15) is 0 Å². The molecule has 0 fully saturated rings. The second-order valence-corrected chi connectivity index (χ2v) is 16.7. The van der Waals surface area contributed by atoms with Gasteiger partial charge < -0.3 is 0 Å². The molecule has 0 spiro atoms. The first kappa shape index (κ1) is 34.3. The SMILES string of the molecule is CC1(C)c2ccccc2-c2cc(-c3ccc4sc5ccccc5c4c3)c(-c3cccc(-c4cccc(-c5nc(-c6ccccc6)nc(-c6ccccc6)n5)c4)c3)cc21. The van der Waals surface area contributed by atoms with Crippen molar-refractivity contribution in [2.24, 2.45) is 0 Å². The van der Waals surface area contributed by atoms with Crippen molar-refractivity contribution in [1.29, 1.82) is 0 Å². The Morgan fingerprint density at radius 2 is 0.845 bits per heavy atom. The number of aromatic nitrogens is 3. The van der Waals surface area contributed by atoms with Crippen molar-refractivity contribution in [3.8, 4) is 78.7 Å². The summed E-state index contributed by atoms with van der Waals surface area (Å²) in [4.78, 5) is 15.0. The molecule has 0 saturated carbocycles. The van der Waals surface area contributed by atoms with Gasteiger partial charge in [0.25, 0.3) is 0 Å². The number of hydrogen-bond acceptors (Lipinski definition) is 4. The van der Waals surface area contributed by atoms with E-state index >= 15 is 0 Å². The van der Waals surface area contributed by atoms with Gasteiger partial charge in [0.15, 0.2) is 17.5 Å². The second kappa shape index (κ2) is 13.6. The highest BCUT2D eigenvalue weighted by molar-refractivity contribution is 7.25. The van der Waals surface area contributed by atoms with Crippen LogP contribution in [0.15, 0.2) is 188 Å². The van der Waals surface area contributed by atoms with Crippen LogP contribution in [0.3, 0.4) is 0 Å². The number of benzene rings is 8. The normalized spacial score (nSPS) is 12.8. The Kier molecular flexibility index (Phi) is 8.02. The zero-order chi connectivity index (χ0) is 38.8. The Hall–Kier alpha value is -7.01. The van der Waals surface area contributed by atoms with Gasteiger partial charge in [0.2, 0.25) is 0 Å². The van der Waals surface area contributed by atoms with Crippen molar-refractivity contribution in [2.45, 2.75) is 19.3 Å². The maximum Gasteiger partial charge on any atom is 0.164 e. The number of nitrogens with zero attached hydrogens (tertiary/aromatic N) is 3. The molecule has 1 aliphatic rings. The van der Waals surface area contributed by atoms with E-state index in [1.165, 1.54) is 64.7 Å². The topological polar surface area (TPSA) is 38.7 Å². The monoisotopic (exact) mass is 759 g/mol. The molecule has 4 heteroatoms. The lowest BCUT2D eigenvalue weighted by Crippen LogP contribution is -2.15. The zero-order valence-corrected chi connectivity index (χ0v) is 33.0. The summed E-state index contributed by atoms with van der Waals surface area (Å²) in [6, 6.07) is 67.5. The van der Waals surface area contributed by atoms with E-state index in [0.29, 0.717) is 17.5 Å². The van der Waals surface area contributed by atoms with Crippen LogP contribution in [0.1, 0.15) is 25.0 Å². The van der Waals surface area contributed by atoms with Gasteiger partial charge >= 0.3 is 0 Å². The van der Waals surface area contributed by atoms with Crippen LogP contribution in [-0.2, 0) is 5.41 Å². The van der Waals surface area contributed by atoms with Crippen molar-refractivity contribution in [3.05, 3.63) is 199 Å². The van der Waals surface area contributed by atoms with Gasteiger partial charge in [-0.3, -0.25) is 0 Å². The van der Waals surface area contributed by atoms with Crippen LogP contribution in [-0.4, -0.2) is 15.0 Å². The Balaban J connectivity index is 1.06. The van der Waals surface area contributed by atoms with E-state index in [-0.39, 0.29) is 5.41 Å². The summed E-state index contributed by atoms with van der Waals surface area (Å²) in [6.45, 7) is 4.72. The van der Waals surface area contributed by atoms with Crippen molar-refractivity contribution in [2.75, 3.05) is 0 Å². The number of thiophene rings is 1. The first-order valence-corrected chi connectivity index (χ1v) is 20.6. The van der Waals surface area contributed by atoms with Crippen LogP contribution < -0.4 is 0 Å². The van der Waals surface area contributed by atoms with E-state index in [1.807, 2.05) is 72.0 Å². The van der Waals surface area contributed by atoms with Gasteiger partial charge in [-0.25, -0.2) is 15.0 Å².